The van der Waals surface area contributed by atoms with Crippen LogP contribution in [0.2, 0.25) is 0 Å². The molecule has 3 aromatic heterocycles. The van der Waals surface area contributed by atoms with E-state index in [9.17, 15) is 5.11 Å². The lowest BCUT2D eigenvalue weighted by Gasteiger charge is -2.00. The number of aryl methyl sites for hydroxylation is 2. The highest BCUT2D eigenvalue weighted by atomic mass is 16.3. The maximum atomic E-state index is 9.48. The second-order valence-corrected chi connectivity index (χ2v) is 6.02. The Labute approximate surface area is 150 Å². The SMILES string of the molecule is Cc1cc(CO)n2nc(/C=C/c3nc(-c4ccccc4)cn3C)nc2n1. The number of aliphatic hydroxyl groups is 1. The van der Waals surface area contributed by atoms with Crippen LogP contribution in [-0.2, 0) is 13.7 Å². The second kappa shape index (κ2) is 6.53. The normalized spacial score (nSPS) is 11.7. The summed E-state index contributed by atoms with van der Waals surface area (Å²) in [6, 6.07) is 11.8. The van der Waals surface area contributed by atoms with Crippen molar-refractivity contribution in [3.8, 4) is 11.3 Å². The van der Waals surface area contributed by atoms with Crippen molar-refractivity contribution >= 4 is 17.9 Å². The number of aromatic nitrogens is 6. The van der Waals surface area contributed by atoms with E-state index in [-0.39, 0.29) is 6.61 Å². The van der Waals surface area contributed by atoms with Crippen LogP contribution in [0.25, 0.3) is 29.2 Å². The number of aliphatic hydroxyl groups excluding tert-OH is 1. The molecule has 7 heteroatoms. The summed E-state index contributed by atoms with van der Waals surface area (Å²) in [5.41, 5.74) is 3.43. The molecule has 130 valence electrons. The maximum Gasteiger partial charge on any atom is 0.253 e. The second-order valence-electron chi connectivity index (χ2n) is 6.02. The van der Waals surface area contributed by atoms with Gasteiger partial charge in [0.15, 0.2) is 5.82 Å². The number of fused-ring (bicyclic) bond motifs is 1. The van der Waals surface area contributed by atoms with Crippen molar-refractivity contribution in [2.75, 3.05) is 0 Å². The molecule has 0 radical (unpaired) electrons. The Kier molecular flexibility index (Phi) is 4.06. The molecular formula is C19H18N6O. The third-order valence-electron chi connectivity index (χ3n) is 4.06. The van der Waals surface area contributed by atoms with Crippen LogP contribution in [0.5, 0.6) is 0 Å². The van der Waals surface area contributed by atoms with Crippen molar-refractivity contribution in [3.63, 3.8) is 0 Å². The van der Waals surface area contributed by atoms with Crippen LogP contribution < -0.4 is 0 Å². The van der Waals surface area contributed by atoms with Crippen molar-refractivity contribution < 1.29 is 5.11 Å². The first kappa shape index (κ1) is 16.2. The van der Waals surface area contributed by atoms with Crippen LogP contribution in [0.3, 0.4) is 0 Å². The number of rotatable bonds is 4. The smallest absolute Gasteiger partial charge is 0.253 e. The Bertz CT molecular complexity index is 1090. The zero-order valence-corrected chi connectivity index (χ0v) is 14.5. The van der Waals surface area contributed by atoms with Gasteiger partial charge >= 0.3 is 0 Å². The molecule has 1 aromatic carbocycles. The van der Waals surface area contributed by atoms with Crippen molar-refractivity contribution in [2.24, 2.45) is 7.05 Å². The molecule has 0 amide bonds. The first-order valence-electron chi connectivity index (χ1n) is 8.25. The van der Waals surface area contributed by atoms with Gasteiger partial charge in [0.1, 0.15) is 5.82 Å². The van der Waals surface area contributed by atoms with Gasteiger partial charge in [0.25, 0.3) is 5.78 Å². The Morgan fingerprint density at radius 3 is 2.65 bits per heavy atom. The third kappa shape index (κ3) is 3.00. The topological polar surface area (TPSA) is 81.1 Å². The molecule has 0 unspecified atom stereocenters. The minimum absolute atomic E-state index is 0.119. The fourth-order valence-corrected chi connectivity index (χ4v) is 2.79. The van der Waals surface area contributed by atoms with Crippen molar-refractivity contribution in [1.82, 2.24) is 29.1 Å². The number of hydrogen-bond acceptors (Lipinski definition) is 5. The van der Waals surface area contributed by atoms with E-state index in [1.807, 2.05) is 61.1 Å². The van der Waals surface area contributed by atoms with Gasteiger partial charge < -0.3 is 9.67 Å². The minimum Gasteiger partial charge on any atom is -0.390 e. The highest BCUT2D eigenvalue weighted by molar-refractivity contribution is 5.67. The summed E-state index contributed by atoms with van der Waals surface area (Å²) in [6.07, 6.45) is 5.65. The summed E-state index contributed by atoms with van der Waals surface area (Å²) in [7, 11) is 1.95. The zero-order chi connectivity index (χ0) is 18.1. The molecule has 0 atom stereocenters. The van der Waals surface area contributed by atoms with E-state index >= 15 is 0 Å². The van der Waals surface area contributed by atoms with Gasteiger partial charge in [0.2, 0.25) is 0 Å². The average molecular weight is 346 g/mol. The highest BCUT2D eigenvalue weighted by Gasteiger charge is 2.09. The molecule has 0 saturated heterocycles. The van der Waals surface area contributed by atoms with E-state index in [1.165, 1.54) is 0 Å². The molecule has 7 nitrogen and oxygen atoms in total. The molecule has 0 spiro atoms. The zero-order valence-electron chi connectivity index (χ0n) is 14.5. The Morgan fingerprint density at radius 1 is 1.08 bits per heavy atom. The lowest BCUT2D eigenvalue weighted by atomic mass is 10.2. The monoisotopic (exact) mass is 346 g/mol. The van der Waals surface area contributed by atoms with Gasteiger partial charge in [0, 0.05) is 24.5 Å². The predicted molar refractivity (Wildman–Crippen MR) is 99.0 cm³/mol. The predicted octanol–water partition coefficient (Wildman–Crippen LogP) is 2.50. The van der Waals surface area contributed by atoms with Crippen LogP contribution in [0.15, 0.2) is 42.6 Å². The van der Waals surface area contributed by atoms with Crippen molar-refractivity contribution in [2.45, 2.75) is 13.5 Å². The molecule has 4 aromatic rings. The van der Waals surface area contributed by atoms with Crippen LogP contribution >= 0.6 is 0 Å². The summed E-state index contributed by atoms with van der Waals surface area (Å²) in [4.78, 5) is 13.4. The van der Waals surface area contributed by atoms with E-state index < -0.39 is 0 Å². The van der Waals surface area contributed by atoms with E-state index in [4.69, 9.17) is 0 Å². The molecule has 26 heavy (non-hydrogen) atoms. The summed E-state index contributed by atoms with van der Waals surface area (Å²) in [5.74, 6) is 1.79. The number of hydrogen-bond donors (Lipinski definition) is 1. The highest BCUT2D eigenvalue weighted by Crippen LogP contribution is 2.18. The van der Waals surface area contributed by atoms with Gasteiger partial charge in [-0.25, -0.2) is 9.97 Å². The molecule has 0 saturated carbocycles. The van der Waals surface area contributed by atoms with Gasteiger partial charge in [-0.1, -0.05) is 30.3 Å². The number of benzene rings is 1. The third-order valence-corrected chi connectivity index (χ3v) is 4.06. The van der Waals surface area contributed by atoms with E-state index in [0.717, 1.165) is 22.8 Å². The lowest BCUT2D eigenvalue weighted by Crippen LogP contribution is -2.01. The first-order chi connectivity index (χ1) is 12.6. The Morgan fingerprint density at radius 2 is 1.88 bits per heavy atom. The largest absolute Gasteiger partial charge is 0.390 e. The Balaban J connectivity index is 1.66. The first-order valence-corrected chi connectivity index (χ1v) is 8.25. The average Bonchev–Trinajstić information content (AvgIpc) is 3.23. The van der Waals surface area contributed by atoms with Gasteiger partial charge in [-0.2, -0.15) is 9.50 Å². The van der Waals surface area contributed by atoms with Crippen LogP contribution in [0.1, 0.15) is 23.0 Å². The Hall–Kier alpha value is -3.32. The molecular weight excluding hydrogens is 328 g/mol. The van der Waals surface area contributed by atoms with Gasteiger partial charge in [0.05, 0.1) is 18.0 Å². The molecule has 3 heterocycles. The molecule has 0 aliphatic rings. The van der Waals surface area contributed by atoms with Gasteiger partial charge in [-0.05, 0) is 25.1 Å². The summed E-state index contributed by atoms with van der Waals surface area (Å²) >= 11 is 0. The fourth-order valence-electron chi connectivity index (χ4n) is 2.79. The van der Waals surface area contributed by atoms with Crippen molar-refractivity contribution in [3.05, 3.63) is 65.6 Å². The number of nitrogens with zero attached hydrogens (tertiary/aromatic N) is 6. The molecule has 0 bridgehead atoms. The lowest BCUT2D eigenvalue weighted by molar-refractivity contribution is 0.273. The summed E-state index contributed by atoms with van der Waals surface area (Å²) in [5, 5.41) is 13.9. The number of imidazole rings is 1. The fraction of sp³-hybridized carbons (Fsp3) is 0.158. The van der Waals surface area contributed by atoms with Gasteiger partial charge in [-0.15, -0.1) is 5.10 Å². The van der Waals surface area contributed by atoms with E-state index in [0.29, 0.717) is 17.3 Å². The standard InChI is InChI=1S/C19H18N6O/c1-13-10-15(12-26)25-19(20-13)22-17(23-25)8-9-18-21-16(11-24(18)2)14-6-4-3-5-7-14/h3-11,26H,12H2,1-2H3/b9-8+. The molecule has 0 aliphatic heterocycles. The van der Waals surface area contributed by atoms with E-state index in [2.05, 4.69) is 20.1 Å². The van der Waals surface area contributed by atoms with Crippen LogP contribution in [0, 0.1) is 6.92 Å². The molecule has 4 rings (SSSR count). The minimum atomic E-state index is -0.119. The molecule has 0 aliphatic carbocycles. The van der Waals surface area contributed by atoms with Crippen LogP contribution in [-0.4, -0.2) is 34.2 Å². The summed E-state index contributed by atoms with van der Waals surface area (Å²) < 4.78 is 3.51. The van der Waals surface area contributed by atoms with E-state index in [1.54, 1.807) is 16.7 Å². The molecule has 0 fully saturated rings. The van der Waals surface area contributed by atoms with Crippen molar-refractivity contribution in [1.29, 1.82) is 0 Å². The molecule has 1 N–H and O–H groups in total. The summed E-state index contributed by atoms with van der Waals surface area (Å²) in [6.45, 7) is 1.74. The maximum absolute atomic E-state index is 9.48. The van der Waals surface area contributed by atoms with Gasteiger partial charge in [-0.3, -0.25) is 0 Å². The quantitative estimate of drug-likeness (QED) is 0.614. The van der Waals surface area contributed by atoms with Crippen LogP contribution in [0.4, 0.5) is 0 Å².